The first-order valence-corrected chi connectivity index (χ1v) is 6.27. The summed E-state index contributed by atoms with van der Waals surface area (Å²) in [5.41, 5.74) is 0.753. The number of hydrogen-bond donors (Lipinski definition) is 0. The van der Waals surface area contributed by atoms with Gasteiger partial charge in [0.05, 0.1) is 11.6 Å². The molecule has 2 aromatic rings. The molecule has 70 valence electrons. The SMILES string of the molecule is CSc1cc(C#N)cc2sc(C)cc12. The third-order valence-corrected chi connectivity index (χ3v) is 3.85. The van der Waals surface area contributed by atoms with Crippen LogP contribution in [0, 0.1) is 18.3 Å². The van der Waals surface area contributed by atoms with Crippen LogP contribution in [0.5, 0.6) is 0 Å². The highest BCUT2D eigenvalue weighted by Crippen LogP contribution is 2.33. The average Bonchev–Trinajstić information content (AvgIpc) is 2.56. The lowest BCUT2D eigenvalue weighted by Gasteiger charge is -1.99. The minimum absolute atomic E-state index is 0.753. The number of thiophene rings is 1. The molecule has 0 unspecified atom stereocenters. The summed E-state index contributed by atoms with van der Waals surface area (Å²) >= 11 is 3.44. The largest absolute Gasteiger partial charge is 0.192 e. The maximum atomic E-state index is 8.87. The van der Waals surface area contributed by atoms with E-state index in [1.807, 2.05) is 18.4 Å². The number of nitriles is 1. The van der Waals surface area contributed by atoms with E-state index in [1.165, 1.54) is 19.9 Å². The molecule has 0 aliphatic rings. The van der Waals surface area contributed by atoms with E-state index in [0.29, 0.717) is 0 Å². The third-order valence-electron chi connectivity index (χ3n) is 2.07. The van der Waals surface area contributed by atoms with Gasteiger partial charge in [0.25, 0.3) is 0 Å². The van der Waals surface area contributed by atoms with Gasteiger partial charge in [-0.1, -0.05) is 0 Å². The molecular weight excluding hydrogens is 210 g/mol. The zero-order chi connectivity index (χ0) is 10.1. The fourth-order valence-electron chi connectivity index (χ4n) is 1.47. The van der Waals surface area contributed by atoms with E-state index in [0.717, 1.165) is 5.56 Å². The molecule has 0 fully saturated rings. The maximum absolute atomic E-state index is 8.87. The summed E-state index contributed by atoms with van der Waals surface area (Å²) in [7, 11) is 0. The molecular formula is C11H9NS2. The van der Waals surface area contributed by atoms with Gasteiger partial charge < -0.3 is 0 Å². The molecule has 1 aromatic heterocycles. The molecule has 1 aromatic carbocycles. The molecule has 0 spiro atoms. The zero-order valence-corrected chi connectivity index (χ0v) is 9.63. The Kier molecular flexibility index (Phi) is 2.49. The number of benzene rings is 1. The molecule has 0 atom stereocenters. The van der Waals surface area contributed by atoms with Crippen LogP contribution in [0.1, 0.15) is 10.4 Å². The second kappa shape index (κ2) is 3.64. The molecule has 14 heavy (non-hydrogen) atoms. The second-order valence-corrected chi connectivity index (χ2v) is 5.20. The van der Waals surface area contributed by atoms with Crippen LogP contribution < -0.4 is 0 Å². The summed E-state index contributed by atoms with van der Waals surface area (Å²) in [5, 5.41) is 10.1. The number of nitrogens with zero attached hydrogens (tertiary/aromatic N) is 1. The Balaban J connectivity index is 2.80. The monoisotopic (exact) mass is 219 g/mol. The molecule has 0 bridgehead atoms. The van der Waals surface area contributed by atoms with E-state index in [9.17, 15) is 0 Å². The fourth-order valence-corrected chi connectivity index (χ4v) is 3.15. The molecule has 0 aliphatic carbocycles. The van der Waals surface area contributed by atoms with Gasteiger partial charge in [-0.15, -0.1) is 23.1 Å². The number of aryl methyl sites for hydroxylation is 1. The van der Waals surface area contributed by atoms with Gasteiger partial charge in [-0.25, -0.2) is 0 Å². The number of fused-ring (bicyclic) bond motifs is 1. The summed E-state index contributed by atoms with van der Waals surface area (Å²) in [4.78, 5) is 2.49. The lowest BCUT2D eigenvalue weighted by atomic mass is 10.2. The van der Waals surface area contributed by atoms with Crippen molar-refractivity contribution in [3.63, 3.8) is 0 Å². The van der Waals surface area contributed by atoms with E-state index < -0.39 is 0 Å². The van der Waals surface area contributed by atoms with Crippen molar-refractivity contribution in [1.29, 1.82) is 5.26 Å². The quantitative estimate of drug-likeness (QED) is 0.681. The van der Waals surface area contributed by atoms with Crippen LogP contribution >= 0.6 is 23.1 Å². The Morgan fingerprint density at radius 2 is 2.14 bits per heavy atom. The highest BCUT2D eigenvalue weighted by Gasteiger charge is 2.05. The van der Waals surface area contributed by atoms with E-state index in [2.05, 4.69) is 19.1 Å². The number of thioether (sulfide) groups is 1. The van der Waals surface area contributed by atoms with Crippen LogP contribution in [0.2, 0.25) is 0 Å². The van der Waals surface area contributed by atoms with E-state index in [1.54, 1.807) is 23.1 Å². The van der Waals surface area contributed by atoms with Crippen LogP contribution in [-0.2, 0) is 0 Å². The molecule has 0 amide bonds. The predicted octanol–water partition coefficient (Wildman–Crippen LogP) is 3.80. The van der Waals surface area contributed by atoms with E-state index >= 15 is 0 Å². The Bertz CT molecular complexity index is 520. The fraction of sp³-hybridized carbons (Fsp3) is 0.182. The topological polar surface area (TPSA) is 23.8 Å². The smallest absolute Gasteiger partial charge is 0.0992 e. The van der Waals surface area contributed by atoms with Crippen LogP contribution in [0.15, 0.2) is 23.1 Å². The van der Waals surface area contributed by atoms with Gasteiger partial charge in [-0.05, 0) is 31.4 Å². The molecule has 0 saturated carbocycles. The molecule has 1 heterocycles. The van der Waals surface area contributed by atoms with E-state index in [4.69, 9.17) is 5.26 Å². The van der Waals surface area contributed by atoms with Crippen LogP contribution in [0.4, 0.5) is 0 Å². The Morgan fingerprint density at radius 1 is 1.36 bits per heavy atom. The normalized spacial score (nSPS) is 10.4. The Hall–Kier alpha value is -0.980. The van der Waals surface area contributed by atoms with Gasteiger partial charge in [-0.2, -0.15) is 5.26 Å². The first-order valence-electron chi connectivity index (χ1n) is 4.23. The van der Waals surface area contributed by atoms with Crippen molar-refractivity contribution in [2.75, 3.05) is 6.26 Å². The minimum atomic E-state index is 0.753. The van der Waals surface area contributed by atoms with Crippen molar-refractivity contribution < 1.29 is 0 Å². The zero-order valence-electron chi connectivity index (χ0n) is 8.00. The van der Waals surface area contributed by atoms with Crippen molar-refractivity contribution in [3.05, 3.63) is 28.6 Å². The lowest BCUT2D eigenvalue weighted by Crippen LogP contribution is -1.76. The summed E-state index contributed by atoms with van der Waals surface area (Å²) in [6, 6.07) is 8.31. The lowest BCUT2D eigenvalue weighted by molar-refractivity contribution is 1.46. The van der Waals surface area contributed by atoms with Crippen LogP contribution in [0.3, 0.4) is 0 Å². The van der Waals surface area contributed by atoms with Crippen molar-refractivity contribution >= 4 is 33.2 Å². The predicted molar refractivity (Wildman–Crippen MR) is 63.1 cm³/mol. The molecule has 0 N–H and O–H groups in total. The number of rotatable bonds is 1. The van der Waals surface area contributed by atoms with Crippen molar-refractivity contribution in [3.8, 4) is 6.07 Å². The standard InChI is InChI=1S/C11H9NS2/c1-7-3-9-10(13-2)4-8(6-12)5-11(9)14-7/h3-5H,1-2H3. The first kappa shape index (κ1) is 9.57. The molecule has 1 nitrogen and oxygen atoms in total. The van der Waals surface area contributed by atoms with Gasteiger partial charge in [0.2, 0.25) is 0 Å². The molecule has 2 rings (SSSR count). The summed E-state index contributed by atoms with van der Waals surface area (Å²) in [6.45, 7) is 2.10. The van der Waals surface area contributed by atoms with Crippen molar-refractivity contribution in [1.82, 2.24) is 0 Å². The Morgan fingerprint density at radius 3 is 2.79 bits per heavy atom. The maximum Gasteiger partial charge on any atom is 0.0992 e. The van der Waals surface area contributed by atoms with Gasteiger partial charge >= 0.3 is 0 Å². The van der Waals surface area contributed by atoms with Crippen molar-refractivity contribution in [2.24, 2.45) is 0 Å². The van der Waals surface area contributed by atoms with Crippen LogP contribution in [0.25, 0.3) is 10.1 Å². The van der Waals surface area contributed by atoms with Crippen LogP contribution in [-0.4, -0.2) is 6.26 Å². The van der Waals surface area contributed by atoms with Gasteiger partial charge in [0.15, 0.2) is 0 Å². The minimum Gasteiger partial charge on any atom is -0.192 e. The molecule has 3 heteroatoms. The number of hydrogen-bond acceptors (Lipinski definition) is 3. The first-order chi connectivity index (χ1) is 6.74. The summed E-state index contributed by atoms with van der Waals surface area (Å²) < 4.78 is 1.21. The van der Waals surface area contributed by atoms with Gasteiger partial charge in [-0.3, -0.25) is 0 Å². The molecule has 0 radical (unpaired) electrons. The molecule has 0 aliphatic heterocycles. The second-order valence-electron chi connectivity index (χ2n) is 3.06. The Labute approximate surface area is 91.4 Å². The summed E-state index contributed by atoms with van der Waals surface area (Å²) in [6.07, 6.45) is 2.04. The van der Waals surface area contributed by atoms with Gasteiger partial charge in [0, 0.05) is 19.9 Å². The van der Waals surface area contributed by atoms with E-state index in [-0.39, 0.29) is 0 Å². The summed E-state index contributed by atoms with van der Waals surface area (Å²) in [5.74, 6) is 0. The average molecular weight is 219 g/mol. The van der Waals surface area contributed by atoms with Gasteiger partial charge in [0.1, 0.15) is 0 Å². The highest BCUT2D eigenvalue weighted by molar-refractivity contribution is 7.98. The third kappa shape index (κ3) is 1.52. The molecule has 0 saturated heterocycles. The van der Waals surface area contributed by atoms with Crippen molar-refractivity contribution in [2.45, 2.75) is 11.8 Å². The highest BCUT2D eigenvalue weighted by atomic mass is 32.2.